The summed E-state index contributed by atoms with van der Waals surface area (Å²) in [6.07, 6.45) is 0.813. The van der Waals surface area contributed by atoms with Crippen LogP contribution in [0.2, 0.25) is 0 Å². The summed E-state index contributed by atoms with van der Waals surface area (Å²) < 4.78 is 54.2. The number of aromatic nitrogens is 2. The molecule has 2 N–H and O–H groups in total. The molecule has 12 nitrogen and oxygen atoms in total. The fourth-order valence-electron chi connectivity index (χ4n) is 7.84. The van der Waals surface area contributed by atoms with Gasteiger partial charge in [0.25, 0.3) is 5.56 Å². The zero-order chi connectivity index (χ0) is 45.2. The normalized spacial score (nSPS) is 11.8. The molecule has 0 unspecified atom stereocenters. The van der Waals surface area contributed by atoms with E-state index < -0.39 is 29.7 Å². The second kappa shape index (κ2) is 20.2. The Bertz CT molecular complexity index is 2520. The number of nitrogens with zero attached hydrogens (tertiary/aromatic N) is 1. The first kappa shape index (κ1) is 45.3. The standard InChI is InChI=1S/C51H52N3O9P/c1-37-34-54(49(56)53-48(37)55)33-32-52-64(57,35-62-50(38-12-8-6-9-13-38,40-16-24-44(58-2)25-17-40)41-18-26-45(59-3)27-19-41)36-63-51(39-14-10-7-11-15-39,42-20-28-46(60-4)29-21-42)43-22-30-47(61-5)31-23-43/h6-31,34H,32-33,35-36H2,1-5H3,(H,52,57)(H,53,55,56). The van der Waals surface area contributed by atoms with Crippen LogP contribution in [0.3, 0.4) is 0 Å². The van der Waals surface area contributed by atoms with E-state index in [9.17, 15) is 9.59 Å². The van der Waals surface area contributed by atoms with Crippen molar-refractivity contribution in [3.8, 4) is 23.0 Å². The summed E-state index contributed by atoms with van der Waals surface area (Å²) >= 11 is 0. The molecule has 0 fully saturated rings. The largest absolute Gasteiger partial charge is 0.497 e. The smallest absolute Gasteiger partial charge is 0.328 e. The molecule has 0 aliphatic carbocycles. The number of hydrogen-bond acceptors (Lipinski definition) is 9. The Morgan fingerprint density at radius 1 is 0.516 bits per heavy atom. The molecule has 0 atom stereocenters. The fraction of sp³-hybridized carbons (Fsp3) is 0.216. The summed E-state index contributed by atoms with van der Waals surface area (Å²) in [5.41, 5.74) is 1.27. The number of aromatic amines is 1. The zero-order valence-corrected chi connectivity index (χ0v) is 37.4. The maximum atomic E-state index is 16.1. The van der Waals surface area contributed by atoms with Gasteiger partial charge >= 0.3 is 5.69 Å². The minimum absolute atomic E-state index is 0.0577. The van der Waals surface area contributed by atoms with Crippen LogP contribution >= 0.6 is 7.29 Å². The summed E-state index contributed by atoms with van der Waals surface area (Å²) in [6.45, 7) is 1.77. The van der Waals surface area contributed by atoms with Crippen molar-refractivity contribution >= 4 is 7.29 Å². The Kier molecular flexibility index (Phi) is 14.3. The van der Waals surface area contributed by atoms with E-state index in [0.29, 0.717) is 28.6 Å². The van der Waals surface area contributed by atoms with Crippen LogP contribution in [0.5, 0.6) is 23.0 Å². The third-order valence-corrected chi connectivity index (χ3v) is 13.2. The zero-order valence-electron chi connectivity index (χ0n) is 36.5. The highest BCUT2D eigenvalue weighted by Gasteiger charge is 2.43. The molecule has 7 aromatic rings. The van der Waals surface area contributed by atoms with E-state index in [2.05, 4.69) is 10.1 Å². The van der Waals surface area contributed by atoms with Gasteiger partial charge in [0.05, 0.1) is 28.4 Å². The minimum Gasteiger partial charge on any atom is -0.497 e. The highest BCUT2D eigenvalue weighted by atomic mass is 31.2. The first-order valence-corrected chi connectivity index (χ1v) is 22.8. The second-order valence-electron chi connectivity index (χ2n) is 15.1. The predicted molar refractivity (Wildman–Crippen MR) is 248 cm³/mol. The lowest BCUT2D eigenvalue weighted by molar-refractivity contribution is 0.0259. The quantitative estimate of drug-likeness (QED) is 0.0565. The average molecular weight is 882 g/mol. The van der Waals surface area contributed by atoms with Crippen LogP contribution in [0, 0.1) is 6.92 Å². The molecule has 0 saturated carbocycles. The Balaban J connectivity index is 1.37. The molecule has 0 amide bonds. The van der Waals surface area contributed by atoms with E-state index in [1.165, 1.54) is 10.8 Å². The van der Waals surface area contributed by atoms with Gasteiger partial charge in [0.1, 0.15) is 46.9 Å². The monoisotopic (exact) mass is 881 g/mol. The second-order valence-corrected chi connectivity index (χ2v) is 17.7. The van der Waals surface area contributed by atoms with Crippen molar-refractivity contribution in [1.29, 1.82) is 0 Å². The maximum absolute atomic E-state index is 16.1. The lowest BCUT2D eigenvalue weighted by Crippen LogP contribution is -2.37. The van der Waals surface area contributed by atoms with Gasteiger partial charge in [-0.3, -0.25) is 19.4 Å². The first-order valence-electron chi connectivity index (χ1n) is 20.7. The van der Waals surface area contributed by atoms with Crippen molar-refractivity contribution in [3.05, 3.63) is 224 Å². The van der Waals surface area contributed by atoms with Gasteiger partial charge in [-0.25, -0.2) is 4.79 Å². The average Bonchev–Trinajstić information content (AvgIpc) is 3.35. The van der Waals surface area contributed by atoms with Crippen molar-refractivity contribution in [2.75, 3.05) is 47.7 Å². The van der Waals surface area contributed by atoms with Gasteiger partial charge in [-0.2, -0.15) is 0 Å². The SMILES string of the molecule is COc1ccc(C(OCP(=O)(COC(c2ccccc2)(c2ccc(OC)cc2)c2ccc(OC)cc2)NCCn2cc(C)c(=O)[nH]c2=O)(c2ccccc2)c2ccc(OC)cc2)cc1. The minimum atomic E-state index is -3.85. The Hall–Kier alpha value is -6.69. The molecule has 64 heavy (non-hydrogen) atoms. The molecule has 0 radical (unpaired) electrons. The van der Waals surface area contributed by atoms with Crippen molar-refractivity contribution in [2.24, 2.45) is 0 Å². The Morgan fingerprint density at radius 2 is 0.844 bits per heavy atom. The van der Waals surface area contributed by atoms with Crippen LogP contribution in [0.25, 0.3) is 0 Å². The van der Waals surface area contributed by atoms with E-state index in [0.717, 1.165) is 33.4 Å². The number of methoxy groups -OCH3 is 4. The molecule has 1 heterocycles. The molecular formula is C51H52N3O9P. The molecular weight excluding hydrogens is 830 g/mol. The highest BCUT2D eigenvalue weighted by Crippen LogP contribution is 2.51. The molecule has 0 aliphatic rings. The number of nitrogens with one attached hydrogen (secondary N) is 2. The van der Waals surface area contributed by atoms with Gasteiger partial charge < -0.3 is 33.0 Å². The summed E-state index contributed by atoms with van der Waals surface area (Å²) in [4.78, 5) is 27.5. The molecule has 7 rings (SSSR count). The number of ether oxygens (including phenoxy) is 6. The number of rotatable bonds is 20. The molecule has 0 bridgehead atoms. The summed E-state index contributed by atoms with van der Waals surface area (Å²) in [6, 6.07) is 49.9. The van der Waals surface area contributed by atoms with Gasteiger partial charge in [-0.1, -0.05) is 109 Å². The summed E-state index contributed by atoms with van der Waals surface area (Å²) in [5.74, 6) is 2.62. The molecule has 13 heteroatoms. The van der Waals surface area contributed by atoms with Crippen LogP contribution in [0.4, 0.5) is 0 Å². The van der Waals surface area contributed by atoms with Crippen LogP contribution < -0.4 is 35.3 Å². The Labute approximate surface area is 372 Å². The molecule has 6 aromatic carbocycles. The topological polar surface area (TPSA) is 139 Å². The van der Waals surface area contributed by atoms with Crippen LogP contribution in [-0.2, 0) is 31.8 Å². The van der Waals surface area contributed by atoms with Crippen molar-refractivity contribution in [3.63, 3.8) is 0 Å². The lowest BCUT2D eigenvalue weighted by atomic mass is 9.80. The van der Waals surface area contributed by atoms with E-state index >= 15 is 4.57 Å². The van der Waals surface area contributed by atoms with Crippen molar-refractivity contribution < 1.29 is 33.0 Å². The first-order chi connectivity index (χ1) is 31.1. The summed E-state index contributed by atoms with van der Waals surface area (Å²) in [5, 5.41) is 3.31. The van der Waals surface area contributed by atoms with Crippen LogP contribution in [0.1, 0.15) is 38.9 Å². The number of aryl methyl sites for hydroxylation is 1. The molecule has 330 valence electrons. The third-order valence-electron chi connectivity index (χ3n) is 11.3. The van der Waals surface area contributed by atoms with Crippen molar-refractivity contribution in [1.82, 2.24) is 14.6 Å². The molecule has 1 aromatic heterocycles. The predicted octanol–water partition coefficient (Wildman–Crippen LogP) is 8.68. The number of hydrogen-bond donors (Lipinski definition) is 2. The van der Waals surface area contributed by atoms with Gasteiger partial charge in [0.15, 0.2) is 7.29 Å². The van der Waals surface area contributed by atoms with Gasteiger partial charge in [0.2, 0.25) is 0 Å². The van der Waals surface area contributed by atoms with Crippen molar-refractivity contribution in [2.45, 2.75) is 24.7 Å². The number of benzene rings is 6. The maximum Gasteiger partial charge on any atom is 0.328 e. The van der Waals surface area contributed by atoms with Crippen LogP contribution in [0.15, 0.2) is 174 Å². The molecule has 0 aliphatic heterocycles. The third kappa shape index (κ3) is 9.61. The van der Waals surface area contributed by atoms with Gasteiger partial charge in [-0.05, 0) is 88.8 Å². The summed E-state index contributed by atoms with van der Waals surface area (Å²) in [7, 11) is 2.58. The molecule has 0 spiro atoms. The highest BCUT2D eigenvalue weighted by molar-refractivity contribution is 7.61. The van der Waals surface area contributed by atoms with E-state index in [-0.39, 0.29) is 25.8 Å². The Morgan fingerprint density at radius 3 is 1.17 bits per heavy atom. The van der Waals surface area contributed by atoms with Crippen LogP contribution in [-0.4, -0.2) is 57.2 Å². The van der Waals surface area contributed by atoms with Gasteiger partial charge in [0, 0.05) is 24.8 Å². The van der Waals surface area contributed by atoms with E-state index in [1.54, 1.807) is 35.4 Å². The van der Waals surface area contributed by atoms with Gasteiger partial charge in [-0.15, -0.1) is 0 Å². The fourth-order valence-corrected chi connectivity index (χ4v) is 9.41. The van der Waals surface area contributed by atoms with E-state index in [1.807, 2.05) is 158 Å². The lowest BCUT2D eigenvalue weighted by Gasteiger charge is -2.39. The number of H-pyrrole nitrogens is 1. The molecule has 0 saturated heterocycles. The van der Waals surface area contributed by atoms with E-state index in [4.69, 9.17) is 28.4 Å².